The van der Waals surface area contributed by atoms with Crippen molar-refractivity contribution in [2.24, 2.45) is 0 Å². The predicted molar refractivity (Wildman–Crippen MR) is 60.1 cm³/mol. The Hall–Kier alpha value is -0.590. The summed E-state index contributed by atoms with van der Waals surface area (Å²) in [5.74, 6) is -0.278. The first kappa shape index (κ1) is 11.9. The summed E-state index contributed by atoms with van der Waals surface area (Å²) >= 11 is 5.95. The Morgan fingerprint density at radius 1 is 1.69 bits per heavy atom. The molecule has 7 heteroatoms. The summed E-state index contributed by atoms with van der Waals surface area (Å²) in [6.45, 7) is 2.41. The summed E-state index contributed by atoms with van der Waals surface area (Å²) in [4.78, 5) is 0. The van der Waals surface area contributed by atoms with E-state index in [1.165, 1.54) is 6.20 Å². The molecule has 0 aromatic carbocycles. The molecule has 16 heavy (non-hydrogen) atoms. The van der Waals surface area contributed by atoms with Gasteiger partial charge in [0, 0.05) is 6.54 Å². The molecule has 2 rings (SSSR count). The molecule has 1 atom stereocenters. The first-order valence-electron chi connectivity index (χ1n) is 5.02. The van der Waals surface area contributed by atoms with Crippen LogP contribution >= 0.6 is 11.6 Å². The maximum atomic E-state index is 11.4. The van der Waals surface area contributed by atoms with Crippen molar-refractivity contribution < 1.29 is 13.5 Å². The standard InChI is InChI=1S/C9H13ClN2O3S/c1-2-12-8(7(10)5-11-12)9(13)3-4-16(14,15)6-9/h5,13H,2-4,6H2,1H3. The van der Waals surface area contributed by atoms with E-state index in [-0.39, 0.29) is 17.9 Å². The van der Waals surface area contributed by atoms with E-state index >= 15 is 0 Å². The molecule has 2 heterocycles. The van der Waals surface area contributed by atoms with E-state index in [4.69, 9.17) is 11.6 Å². The highest BCUT2D eigenvalue weighted by atomic mass is 35.5. The van der Waals surface area contributed by atoms with Crippen LogP contribution in [0.2, 0.25) is 5.02 Å². The second-order valence-corrected chi connectivity index (χ2v) is 6.62. The number of hydrogen-bond donors (Lipinski definition) is 1. The lowest BCUT2D eigenvalue weighted by molar-refractivity contribution is 0.0557. The summed E-state index contributed by atoms with van der Waals surface area (Å²) in [5, 5.41) is 14.7. The molecule has 1 aliphatic rings. The van der Waals surface area contributed by atoms with Gasteiger partial charge in [-0.3, -0.25) is 4.68 Å². The van der Waals surface area contributed by atoms with Crippen LogP contribution in [0.4, 0.5) is 0 Å². The molecule has 1 unspecified atom stereocenters. The Morgan fingerprint density at radius 3 is 2.88 bits per heavy atom. The Kier molecular flexibility index (Phi) is 2.76. The number of aliphatic hydroxyl groups is 1. The second kappa shape index (κ2) is 3.72. The van der Waals surface area contributed by atoms with Crippen LogP contribution in [0.5, 0.6) is 0 Å². The van der Waals surface area contributed by atoms with Gasteiger partial charge in [0.05, 0.1) is 28.4 Å². The van der Waals surface area contributed by atoms with Crippen molar-refractivity contribution in [2.45, 2.75) is 25.5 Å². The van der Waals surface area contributed by atoms with Crippen LogP contribution in [0.25, 0.3) is 0 Å². The third-order valence-electron chi connectivity index (χ3n) is 2.82. The number of sulfone groups is 1. The van der Waals surface area contributed by atoms with E-state index < -0.39 is 15.4 Å². The fourth-order valence-electron chi connectivity index (χ4n) is 2.08. The lowest BCUT2D eigenvalue weighted by atomic mass is 9.99. The summed E-state index contributed by atoms with van der Waals surface area (Å²) in [6, 6.07) is 0. The molecule has 1 fully saturated rings. The van der Waals surface area contributed by atoms with Gasteiger partial charge >= 0.3 is 0 Å². The molecule has 1 aliphatic heterocycles. The lowest BCUT2D eigenvalue weighted by Gasteiger charge is -2.22. The third kappa shape index (κ3) is 1.85. The van der Waals surface area contributed by atoms with Gasteiger partial charge in [-0.25, -0.2) is 8.42 Å². The van der Waals surface area contributed by atoms with Crippen LogP contribution in [0.15, 0.2) is 6.20 Å². The van der Waals surface area contributed by atoms with Crippen molar-refractivity contribution in [3.8, 4) is 0 Å². The van der Waals surface area contributed by atoms with Gasteiger partial charge in [-0.05, 0) is 13.3 Å². The van der Waals surface area contributed by atoms with Crippen molar-refractivity contribution in [2.75, 3.05) is 11.5 Å². The summed E-state index contributed by atoms with van der Waals surface area (Å²) in [6.07, 6.45) is 1.62. The van der Waals surface area contributed by atoms with Crippen LogP contribution in [0.1, 0.15) is 19.0 Å². The smallest absolute Gasteiger partial charge is 0.153 e. The van der Waals surface area contributed by atoms with E-state index in [0.717, 1.165) is 0 Å². The minimum Gasteiger partial charge on any atom is -0.382 e. The van der Waals surface area contributed by atoms with Crippen LogP contribution in [0, 0.1) is 0 Å². The van der Waals surface area contributed by atoms with E-state index in [9.17, 15) is 13.5 Å². The molecule has 0 amide bonds. The van der Waals surface area contributed by atoms with Crippen molar-refractivity contribution in [3.05, 3.63) is 16.9 Å². The molecular formula is C9H13ClN2O3S. The molecule has 1 N–H and O–H groups in total. The maximum Gasteiger partial charge on any atom is 0.153 e. The zero-order chi connectivity index (χ0) is 12.0. The molecule has 1 saturated heterocycles. The number of rotatable bonds is 2. The van der Waals surface area contributed by atoms with Crippen molar-refractivity contribution in [1.82, 2.24) is 9.78 Å². The van der Waals surface area contributed by atoms with Crippen LogP contribution in [-0.2, 0) is 22.0 Å². The lowest BCUT2D eigenvalue weighted by Crippen LogP contribution is -2.30. The number of halogens is 1. The van der Waals surface area contributed by atoms with Crippen LogP contribution in [0.3, 0.4) is 0 Å². The van der Waals surface area contributed by atoms with Crippen LogP contribution in [-0.4, -0.2) is 34.8 Å². The van der Waals surface area contributed by atoms with Crippen molar-refractivity contribution >= 4 is 21.4 Å². The molecule has 0 saturated carbocycles. The molecule has 0 bridgehead atoms. The Morgan fingerprint density at radius 2 is 2.38 bits per heavy atom. The number of aromatic nitrogens is 2. The molecule has 0 radical (unpaired) electrons. The molecule has 0 spiro atoms. The van der Waals surface area contributed by atoms with Gasteiger partial charge in [-0.2, -0.15) is 5.10 Å². The second-order valence-electron chi connectivity index (χ2n) is 4.03. The average molecular weight is 265 g/mol. The van der Waals surface area contributed by atoms with E-state index in [1.807, 2.05) is 6.92 Å². The largest absolute Gasteiger partial charge is 0.382 e. The third-order valence-corrected chi connectivity index (χ3v) is 4.84. The number of hydrogen-bond acceptors (Lipinski definition) is 4. The summed E-state index contributed by atoms with van der Waals surface area (Å²) in [7, 11) is -3.17. The zero-order valence-corrected chi connectivity index (χ0v) is 10.4. The van der Waals surface area contributed by atoms with E-state index in [1.54, 1.807) is 4.68 Å². The monoisotopic (exact) mass is 264 g/mol. The van der Waals surface area contributed by atoms with Gasteiger partial charge < -0.3 is 5.11 Å². The maximum absolute atomic E-state index is 11.4. The quantitative estimate of drug-likeness (QED) is 0.847. The normalized spacial score (nSPS) is 28.4. The highest BCUT2D eigenvalue weighted by Gasteiger charge is 2.45. The minimum absolute atomic E-state index is 0.00523. The molecule has 0 aliphatic carbocycles. The number of aryl methyl sites for hydroxylation is 1. The molecular weight excluding hydrogens is 252 g/mol. The minimum atomic E-state index is -3.17. The van der Waals surface area contributed by atoms with Gasteiger partial charge in [-0.1, -0.05) is 11.6 Å². The summed E-state index contributed by atoms with van der Waals surface area (Å²) in [5.41, 5.74) is -0.972. The highest BCUT2D eigenvalue weighted by Crippen LogP contribution is 2.37. The van der Waals surface area contributed by atoms with Crippen molar-refractivity contribution in [3.63, 3.8) is 0 Å². The molecule has 90 valence electrons. The SMILES string of the molecule is CCn1ncc(Cl)c1C1(O)CCS(=O)(=O)C1. The topological polar surface area (TPSA) is 72.2 Å². The van der Waals surface area contributed by atoms with E-state index in [0.29, 0.717) is 17.3 Å². The average Bonchev–Trinajstić information content (AvgIpc) is 2.68. The zero-order valence-electron chi connectivity index (χ0n) is 8.85. The number of nitrogens with zero attached hydrogens (tertiary/aromatic N) is 2. The Balaban J connectivity index is 2.48. The fourth-order valence-corrected chi connectivity index (χ4v) is 4.20. The van der Waals surface area contributed by atoms with Gasteiger partial charge in [0.2, 0.25) is 0 Å². The van der Waals surface area contributed by atoms with Gasteiger partial charge in [0.25, 0.3) is 0 Å². The highest BCUT2D eigenvalue weighted by molar-refractivity contribution is 7.91. The first-order valence-corrected chi connectivity index (χ1v) is 7.22. The summed E-state index contributed by atoms with van der Waals surface area (Å²) < 4.78 is 24.4. The van der Waals surface area contributed by atoms with Gasteiger partial charge in [0.15, 0.2) is 9.84 Å². The fraction of sp³-hybridized carbons (Fsp3) is 0.667. The van der Waals surface area contributed by atoms with Crippen molar-refractivity contribution in [1.29, 1.82) is 0 Å². The van der Waals surface area contributed by atoms with E-state index in [2.05, 4.69) is 5.10 Å². The van der Waals surface area contributed by atoms with Crippen LogP contribution < -0.4 is 0 Å². The van der Waals surface area contributed by atoms with Gasteiger partial charge in [0.1, 0.15) is 5.60 Å². The van der Waals surface area contributed by atoms with Gasteiger partial charge in [-0.15, -0.1) is 0 Å². The molecule has 1 aromatic rings. The Labute approximate surface area is 98.9 Å². The first-order chi connectivity index (χ1) is 7.38. The predicted octanol–water partition coefficient (Wildman–Crippen LogP) is 0.562. The molecule has 1 aromatic heterocycles. The molecule has 5 nitrogen and oxygen atoms in total. The Bertz CT molecular complexity index is 511.